The van der Waals surface area contributed by atoms with E-state index in [4.69, 9.17) is 15.2 Å². The number of hydrogen-bond donors (Lipinski definition) is 1. The Kier molecular flexibility index (Phi) is 5.22. The van der Waals surface area contributed by atoms with Crippen LogP contribution < -0.4 is 10.5 Å². The highest BCUT2D eigenvalue weighted by Gasteiger charge is 2.63. The molecule has 7 nitrogen and oxygen atoms in total. The first kappa shape index (κ1) is 20.7. The summed E-state index contributed by atoms with van der Waals surface area (Å²) in [5.41, 5.74) is 6.00. The van der Waals surface area contributed by atoms with E-state index in [1.807, 2.05) is 13.8 Å². The summed E-state index contributed by atoms with van der Waals surface area (Å²) in [6.45, 7) is 9.26. The number of nitrogens with two attached hydrogens (primary N) is 1. The fourth-order valence-corrected chi connectivity index (χ4v) is 4.73. The van der Waals surface area contributed by atoms with Crippen LogP contribution in [0.15, 0.2) is 24.3 Å². The molecule has 3 unspecified atom stereocenters. The number of ether oxygens (including phenoxy) is 2. The van der Waals surface area contributed by atoms with Gasteiger partial charge in [0.05, 0.1) is 5.41 Å². The summed E-state index contributed by atoms with van der Waals surface area (Å²) in [6, 6.07) is 5.60. The first-order valence-electron chi connectivity index (χ1n) is 9.15. The molecule has 0 aliphatic carbocycles. The summed E-state index contributed by atoms with van der Waals surface area (Å²) >= 11 is 1.53. The highest BCUT2D eigenvalue weighted by molar-refractivity contribution is 8.01. The summed E-state index contributed by atoms with van der Waals surface area (Å²) in [5, 5.41) is -0.170. The number of esters is 2. The minimum absolute atomic E-state index is 0.0718. The van der Waals surface area contributed by atoms with Crippen molar-refractivity contribution in [1.29, 1.82) is 0 Å². The van der Waals surface area contributed by atoms with E-state index < -0.39 is 28.2 Å². The molecule has 0 saturated carbocycles. The second kappa shape index (κ2) is 7.08. The molecule has 8 heteroatoms. The fourth-order valence-electron chi connectivity index (χ4n) is 3.17. The lowest BCUT2D eigenvalue weighted by atomic mass is 9.96. The molecule has 2 heterocycles. The SMILES string of the molecule is CC(C)(C)C(=O)Oc1ccc(COC(=O)C2N3C(=O)C(N)C3SC2(C)C)cc1. The molecule has 152 valence electrons. The number of rotatable bonds is 4. The van der Waals surface area contributed by atoms with Crippen LogP contribution in [0.2, 0.25) is 0 Å². The Morgan fingerprint density at radius 2 is 1.82 bits per heavy atom. The molecule has 3 atom stereocenters. The van der Waals surface area contributed by atoms with Crippen LogP contribution in [0.25, 0.3) is 0 Å². The number of fused-ring (bicyclic) bond motifs is 1. The topological polar surface area (TPSA) is 98.9 Å². The van der Waals surface area contributed by atoms with E-state index in [1.54, 1.807) is 45.0 Å². The van der Waals surface area contributed by atoms with Crippen molar-refractivity contribution in [3.8, 4) is 5.75 Å². The molecular weight excluding hydrogens is 380 g/mol. The average Bonchev–Trinajstić information content (AvgIpc) is 2.88. The summed E-state index contributed by atoms with van der Waals surface area (Å²) in [4.78, 5) is 38.2. The molecule has 1 amide bonds. The average molecular weight is 407 g/mol. The van der Waals surface area contributed by atoms with E-state index in [-0.39, 0.29) is 23.9 Å². The van der Waals surface area contributed by atoms with E-state index >= 15 is 0 Å². The third-order valence-electron chi connectivity index (χ3n) is 4.83. The van der Waals surface area contributed by atoms with Gasteiger partial charge in [-0.25, -0.2) is 4.79 Å². The van der Waals surface area contributed by atoms with Crippen LogP contribution in [0.4, 0.5) is 0 Å². The highest BCUT2D eigenvalue weighted by atomic mass is 32.2. The van der Waals surface area contributed by atoms with Crippen LogP contribution in [-0.2, 0) is 25.7 Å². The molecule has 0 aromatic heterocycles. The minimum Gasteiger partial charge on any atom is -0.459 e. The van der Waals surface area contributed by atoms with Crippen molar-refractivity contribution in [2.45, 2.75) is 63.4 Å². The normalized spacial score (nSPS) is 25.7. The standard InChI is InChI=1S/C20H26N2O5S/c1-19(2,3)18(25)27-12-8-6-11(7-9-12)10-26-17(24)14-20(4,5)28-16-13(21)15(23)22(14)16/h6-9,13-14,16H,10,21H2,1-5H3. The van der Waals surface area contributed by atoms with Crippen LogP contribution in [0.5, 0.6) is 5.75 Å². The van der Waals surface area contributed by atoms with Gasteiger partial charge < -0.3 is 20.1 Å². The Hall–Kier alpha value is -2.06. The van der Waals surface area contributed by atoms with E-state index in [0.29, 0.717) is 5.75 Å². The van der Waals surface area contributed by atoms with E-state index in [2.05, 4.69) is 0 Å². The number of carbonyl (C=O) groups is 3. The van der Waals surface area contributed by atoms with E-state index in [0.717, 1.165) is 5.56 Å². The first-order chi connectivity index (χ1) is 12.9. The largest absolute Gasteiger partial charge is 0.459 e. The third-order valence-corrected chi connectivity index (χ3v) is 6.43. The molecule has 0 spiro atoms. The monoisotopic (exact) mass is 406 g/mol. The van der Waals surface area contributed by atoms with Gasteiger partial charge in [-0.3, -0.25) is 9.59 Å². The van der Waals surface area contributed by atoms with Crippen molar-refractivity contribution in [3.63, 3.8) is 0 Å². The van der Waals surface area contributed by atoms with Gasteiger partial charge in [0.1, 0.15) is 29.8 Å². The molecule has 2 aliphatic heterocycles. The van der Waals surface area contributed by atoms with Crippen molar-refractivity contribution in [2.24, 2.45) is 11.1 Å². The maximum Gasteiger partial charge on any atom is 0.330 e. The summed E-state index contributed by atoms with van der Waals surface area (Å²) < 4.78 is 10.3. The van der Waals surface area contributed by atoms with Gasteiger partial charge in [0.25, 0.3) is 0 Å². The van der Waals surface area contributed by atoms with Gasteiger partial charge in [-0.1, -0.05) is 12.1 Å². The lowest BCUT2D eigenvalue weighted by Crippen LogP contribution is -2.68. The van der Waals surface area contributed by atoms with Crippen LogP contribution in [-0.4, -0.2) is 45.0 Å². The predicted octanol–water partition coefficient (Wildman–Crippen LogP) is 2.07. The lowest BCUT2D eigenvalue weighted by Gasteiger charge is -2.41. The van der Waals surface area contributed by atoms with Crippen LogP contribution in [0, 0.1) is 5.41 Å². The van der Waals surface area contributed by atoms with Gasteiger partial charge in [0.15, 0.2) is 0 Å². The predicted molar refractivity (Wildman–Crippen MR) is 105 cm³/mol. The molecular formula is C20H26N2O5S. The van der Waals surface area contributed by atoms with Crippen LogP contribution in [0.3, 0.4) is 0 Å². The smallest absolute Gasteiger partial charge is 0.330 e. The van der Waals surface area contributed by atoms with E-state index in [9.17, 15) is 14.4 Å². The number of hydrogen-bond acceptors (Lipinski definition) is 7. The number of β-lactam (4-membered cyclic amide) rings is 1. The number of carbonyl (C=O) groups excluding carboxylic acids is 3. The Morgan fingerprint density at radius 3 is 2.39 bits per heavy atom. The number of nitrogens with zero attached hydrogens (tertiary/aromatic N) is 1. The molecule has 3 rings (SSSR count). The lowest BCUT2D eigenvalue weighted by molar-refractivity contribution is -0.163. The zero-order valence-electron chi connectivity index (χ0n) is 16.7. The molecule has 1 aromatic carbocycles. The fraction of sp³-hybridized carbons (Fsp3) is 0.550. The van der Waals surface area contributed by atoms with Crippen LogP contribution >= 0.6 is 11.8 Å². The Morgan fingerprint density at radius 1 is 1.21 bits per heavy atom. The molecule has 2 saturated heterocycles. The highest BCUT2D eigenvalue weighted by Crippen LogP contribution is 2.50. The molecule has 2 fully saturated rings. The molecule has 2 aliphatic rings. The Labute approximate surface area is 168 Å². The zero-order chi connectivity index (χ0) is 20.9. The maximum atomic E-state index is 12.7. The number of amides is 1. The van der Waals surface area contributed by atoms with Gasteiger partial charge in [-0.2, -0.15) is 0 Å². The molecule has 28 heavy (non-hydrogen) atoms. The molecule has 1 aromatic rings. The summed E-state index contributed by atoms with van der Waals surface area (Å²) in [5.74, 6) is -0.538. The van der Waals surface area contributed by atoms with Gasteiger partial charge in [0, 0.05) is 4.75 Å². The minimum atomic E-state index is -0.651. The van der Waals surface area contributed by atoms with Crippen LogP contribution in [0.1, 0.15) is 40.2 Å². The summed E-state index contributed by atoms with van der Waals surface area (Å²) in [7, 11) is 0. The van der Waals surface area contributed by atoms with Crippen molar-refractivity contribution in [3.05, 3.63) is 29.8 Å². The number of thioether (sulfide) groups is 1. The second-order valence-corrected chi connectivity index (χ2v) is 10.4. The maximum absolute atomic E-state index is 12.7. The van der Waals surface area contributed by atoms with Gasteiger partial charge in [-0.15, -0.1) is 11.8 Å². The summed E-state index contributed by atoms with van der Waals surface area (Å²) in [6.07, 6.45) is 0. The number of benzene rings is 1. The second-order valence-electron chi connectivity index (χ2n) is 8.68. The van der Waals surface area contributed by atoms with Gasteiger partial charge in [-0.05, 0) is 52.3 Å². The van der Waals surface area contributed by atoms with E-state index in [1.165, 1.54) is 16.7 Å². The third kappa shape index (κ3) is 3.75. The van der Waals surface area contributed by atoms with Crippen molar-refractivity contribution >= 4 is 29.6 Å². The van der Waals surface area contributed by atoms with Crippen molar-refractivity contribution < 1.29 is 23.9 Å². The quantitative estimate of drug-likeness (QED) is 0.464. The zero-order valence-corrected chi connectivity index (χ0v) is 17.5. The first-order valence-corrected chi connectivity index (χ1v) is 10.0. The van der Waals surface area contributed by atoms with Crippen molar-refractivity contribution in [2.75, 3.05) is 0 Å². The molecule has 0 radical (unpaired) electrons. The Bertz CT molecular complexity index is 800. The van der Waals surface area contributed by atoms with Crippen molar-refractivity contribution in [1.82, 2.24) is 4.90 Å². The Balaban J connectivity index is 1.59. The van der Waals surface area contributed by atoms with Gasteiger partial charge in [0.2, 0.25) is 5.91 Å². The molecule has 2 N–H and O–H groups in total. The van der Waals surface area contributed by atoms with Gasteiger partial charge >= 0.3 is 11.9 Å². The molecule has 0 bridgehead atoms.